The number of likely N-dealkylation sites (tertiary alicyclic amines) is 1. The van der Waals surface area contributed by atoms with E-state index >= 15 is 0 Å². The molecule has 0 unspecified atom stereocenters. The highest BCUT2D eigenvalue weighted by Gasteiger charge is 2.26. The average Bonchev–Trinajstić information content (AvgIpc) is 2.66. The normalized spacial score (nSPS) is 22.5. The lowest BCUT2D eigenvalue weighted by molar-refractivity contribution is -0.135. The number of aromatic nitrogens is 1. The number of rotatable bonds is 6. The summed E-state index contributed by atoms with van der Waals surface area (Å²) in [5.41, 5.74) is 1.19. The highest BCUT2D eigenvalue weighted by Crippen LogP contribution is 2.21. The first-order valence-electron chi connectivity index (χ1n) is 9.31. The second kappa shape index (κ2) is 9.14. The van der Waals surface area contributed by atoms with Crippen LogP contribution in [0.3, 0.4) is 0 Å². The van der Waals surface area contributed by atoms with Crippen molar-refractivity contribution in [3.8, 4) is 0 Å². The molecule has 2 aliphatic rings. The summed E-state index contributed by atoms with van der Waals surface area (Å²) in [6.07, 6.45) is 9.67. The third-order valence-corrected chi connectivity index (χ3v) is 5.21. The number of carbonyl (C=O) groups excluding carboxylic acids is 1. The van der Waals surface area contributed by atoms with E-state index < -0.39 is 0 Å². The number of ether oxygens (including phenoxy) is 1. The van der Waals surface area contributed by atoms with Crippen molar-refractivity contribution in [1.29, 1.82) is 0 Å². The summed E-state index contributed by atoms with van der Waals surface area (Å²) < 4.78 is 5.41. The van der Waals surface area contributed by atoms with Crippen LogP contribution in [0.1, 0.15) is 37.7 Å². The molecule has 1 amide bonds. The number of hydrogen-bond donors (Lipinski definition) is 0. The first-order valence-corrected chi connectivity index (χ1v) is 9.31. The van der Waals surface area contributed by atoms with E-state index in [1.165, 1.54) is 12.0 Å². The van der Waals surface area contributed by atoms with Crippen molar-refractivity contribution < 1.29 is 9.53 Å². The van der Waals surface area contributed by atoms with Gasteiger partial charge in [-0.15, -0.1) is 0 Å². The van der Waals surface area contributed by atoms with Crippen LogP contribution in [0.5, 0.6) is 0 Å². The maximum Gasteiger partial charge on any atom is 0.223 e. The number of aryl methyl sites for hydroxylation is 1. The van der Waals surface area contributed by atoms with Gasteiger partial charge in [-0.3, -0.25) is 14.7 Å². The molecular formula is C19H29N3O2. The van der Waals surface area contributed by atoms with Crippen LogP contribution in [0.2, 0.25) is 0 Å². The molecule has 3 rings (SSSR count). The Morgan fingerprint density at radius 3 is 2.75 bits per heavy atom. The van der Waals surface area contributed by atoms with Crippen LogP contribution >= 0.6 is 0 Å². The molecule has 0 spiro atoms. The smallest absolute Gasteiger partial charge is 0.223 e. The highest BCUT2D eigenvalue weighted by atomic mass is 16.5. The van der Waals surface area contributed by atoms with Crippen LogP contribution < -0.4 is 0 Å². The molecular weight excluding hydrogens is 302 g/mol. The molecule has 5 nitrogen and oxygen atoms in total. The molecule has 0 bridgehead atoms. The number of amides is 1. The van der Waals surface area contributed by atoms with Gasteiger partial charge < -0.3 is 9.64 Å². The number of nitrogens with zero attached hydrogens (tertiary/aromatic N) is 3. The van der Waals surface area contributed by atoms with Gasteiger partial charge in [-0.1, -0.05) is 0 Å². The number of piperidine rings is 1. The van der Waals surface area contributed by atoms with E-state index in [1.54, 1.807) is 12.4 Å². The SMILES string of the molecule is O=C(CCc1ccncc1)N1CCCC[C@H]1CCN1CCOCC1. The Labute approximate surface area is 145 Å². The van der Waals surface area contributed by atoms with Gasteiger partial charge in [-0.2, -0.15) is 0 Å². The van der Waals surface area contributed by atoms with Crippen LogP contribution in [0, 0.1) is 0 Å². The van der Waals surface area contributed by atoms with Crippen molar-refractivity contribution in [1.82, 2.24) is 14.8 Å². The third kappa shape index (κ3) is 5.02. The van der Waals surface area contributed by atoms with E-state index in [-0.39, 0.29) is 0 Å². The minimum absolute atomic E-state index is 0.318. The molecule has 1 atom stereocenters. The second-order valence-corrected chi connectivity index (χ2v) is 6.83. The minimum atomic E-state index is 0.318. The molecule has 1 aromatic rings. The van der Waals surface area contributed by atoms with E-state index in [0.29, 0.717) is 18.4 Å². The Morgan fingerprint density at radius 2 is 1.96 bits per heavy atom. The number of carbonyl (C=O) groups is 1. The first-order chi connectivity index (χ1) is 11.8. The van der Waals surface area contributed by atoms with Gasteiger partial charge in [0.05, 0.1) is 13.2 Å². The zero-order chi connectivity index (χ0) is 16.6. The van der Waals surface area contributed by atoms with E-state index in [1.807, 2.05) is 12.1 Å². The molecule has 0 aromatic carbocycles. The van der Waals surface area contributed by atoms with Crippen molar-refractivity contribution in [3.63, 3.8) is 0 Å². The molecule has 0 aliphatic carbocycles. The predicted molar refractivity (Wildman–Crippen MR) is 93.8 cm³/mol. The lowest BCUT2D eigenvalue weighted by Gasteiger charge is -2.37. The van der Waals surface area contributed by atoms with Gasteiger partial charge in [0, 0.05) is 51.0 Å². The maximum absolute atomic E-state index is 12.7. The van der Waals surface area contributed by atoms with Crippen LogP contribution in [0.4, 0.5) is 0 Å². The van der Waals surface area contributed by atoms with Crippen LogP contribution in [-0.2, 0) is 16.0 Å². The molecule has 2 aliphatic heterocycles. The first kappa shape index (κ1) is 17.4. The van der Waals surface area contributed by atoms with Crippen molar-refractivity contribution in [2.24, 2.45) is 0 Å². The predicted octanol–water partition coefficient (Wildman–Crippen LogP) is 2.12. The summed E-state index contributed by atoms with van der Waals surface area (Å²) in [6, 6.07) is 4.42. The van der Waals surface area contributed by atoms with Crippen LogP contribution in [-0.4, -0.2) is 66.1 Å². The molecule has 1 aromatic heterocycles. The van der Waals surface area contributed by atoms with Crippen molar-refractivity contribution >= 4 is 5.91 Å². The summed E-state index contributed by atoms with van der Waals surface area (Å²) in [4.78, 5) is 21.4. The largest absolute Gasteiger partial charge is 0.379 e. The number of pyridine rings is 1. The monoisotopic (exact) mass is 331 g/mol. The van der Waals surface area contributed by atoms with Gasteiger partial charge >= 0.3 is 0 Å². The Morgan fingerprint density at radius 1 is 1.17 bits per heavy atom. The average molecular weight is 331 g/mol. The summed E-state index contributed by atoms with van der Waals surface area (Å²) in [6.45, 7) is 5.77. The summed E-state index contributed by atoms with van der Waals surface area (Å²) in [5, 5.41) is 0. The molecule has 5 heteroatoms. The van der Waals surface area contributed by atoms with Gasteiger partial charge in [-0.05, 0) is 49.8 Å². The summed E-state index contributed by atoms with van der Waals surface area (Å²) in [7, 11) is 0. The highest BCUT2D eigenvalue weighted by molar-refractivity contribution is 5.76. The molecule has 0 radical (unpaired) electrons. The topological polar surface area (TPSA) is 45.7 Å². The van der Waals surface area contributed by atoms with Crippen molar-refractivity contribution in [2.75, 3.05) is 39.4 Å². The van der Waals surface area contributed by atoms with Crippen LogP contribution in [0.15, 0.2) is 24.5 Å². The Balaban J connectivity index is 1.48. The number of morpholine rings is 1. The van der Waals surface area contributed by atoms with Gasteiger partial charge in [-0.25, -0.2) is 0 Å². The van der Waals surface area contributed by atoms with E-state index in [4.69, 9.17) is 4.74 Å². The minimum Gasteiger partial charge on any atom is -0.379 e. The zero-order valence-corrected chi connectivity index (χ0v) is 14.5. The quantitative estimate of drug-likeness (QED) is 0.801. The third-order valence-electron chi connectivity index (χ3n) is 5.21. The number of hydrogen-bond acceptors (Lipinski definition) is 4. The van der Waals surface area contributed by atoms with Gasteiger partial charge in [0.15, 0.2) is 0 Å². The maximum atomic E-state index is 12.7. The standard InChI is InChI=1S/C19H29N3O2/c23-19(5-4-17-6-9-20-10-7-17)22-11-2-1-3-18(22)8-12-21-13-15-24-16-14-21/h6-7,9-10,18H,1-5,8,11-16H2/t18-/m0/s1. The van der Waals surface area contributed by atoms with Crippen molar-refractivity contribution in [3.05, 3.63) is 30.1 Å². The molecule has 2 saturated heterocycles. The molecule has 24 heavy (non-hydrogen) atoms. The fraction of sp³-hybridized carbons (Fsp3) is 0.684. The van der Waals surface area contributed by atoms with Gasteiger partial charge in [0.25, 0.3) is 0 Å². The molecule has 3 heterocycles. The molecule has 0 saturated carbocycles. The lowest BCUT2D eigenvalue weighted by Crippen LogP contribution is -2.46. The fourth-order valence-electron chi connectivity index (χ4n) is 3.73. The van der Waals surface area contributed by atoms with Gasteiger partial charge in [0.1, 0.15) is 0 Å². The van der Waals surface area contributed by atoms with E-state index in [2.05, 4.69) is 14.8 Å². The van der Waals surface area contributed by atoms with Crippen LogP contribution in [0.25, 0.3) is 0 Å². The lowest BCUT2D eigenvalue weighted by atomic mass is 9.98. The summed E-state index contributed by atoms with van der Waals surface area (Å²) >= 11 is 0. The van der Waals surface area contributed by atoms with Gasteiger partial charge in [0.2, 0.25) is 5.91 Å². The summed E-state index contributed by atoms with van der Waals surface area (Å²) in [5.74, 6) is 0.318. The van der Waals surface area contributed by atoms with E-state index in [9.17, 15) is 4.79 Å². The Kier molecular flexibility index (Phi) is 6.61. The van der Waals surface area contributed by atoms with E-state index in [0.717, 1.165) is 65.1 Å². The zero-order valence-electron chi connectivity index (χ0n) is 14.5. The Hall–Kier alpha value is -1.46. The Bertz CT molecular complexity index is 503. The molecule has 132 valence electrons. The van der Waals surface area contributed by atoms with Crippen molar-refractivity contribution in [2.45, 2.75) is 44.6 Å². The second-order valence-electron chi connectivity index (χ2n) is 6.83. The molecule has 2 fully saturated rings. The fourth-order valence-corrected chi connectivity index (χ4v) is 3.73. The molecule has 0 N–H and O–H groups in total.